The zero-order valence-electron chi connectivity index (χ0n) is 25.8. The highest BCUT2D eigenvalue weighted by atomic mass is 32.2. The van der Waals surface area contributed by atoms with Crippen molar-refractivity contribution in [2.24, 2.45) is 0 Å². The summed E-state index contributed by atoms with van der Waals surface area (Å²) in [6.45, 7) is -0.284. The van der Waals surface area contributed by atoms with Crippen molar-refractivity contribution in [1.29, 1.82) is 0 Å². The lowest BCUT2D eigenvalue weighted by molar-refractivity contribution is -0.197. The number of esters is 1. The topological polar surface area (TPSA) is 137 Å². The number of carbonyl (C=O) groups is 4. The van der Waals surface area contributed by atoms with E-state index < -0.39 is 92.3 Å². The first-order chi connectivity index (χ1) is 24.1. The minimum atomic E-state index is -6.48. The van der Waals surface area contributed by atoms with Crippen molar-refractivity contribution in [3.8, 4) is 11.5 Å². The number of para-hydroxylation sites is 2. The Balaban J connectivity index is 1.59. The van der Waals surface area contributed by atoms with Crippen molar-refractivity contribution in [3.63, 3.8) is 0 Å². The summed E-state index contributed by atoms with van der Waals surface area (Å²) in [7, 11) is -6.48. The highest BCUT2D eigenvalue weighted by molar-refractivity contribution is 7.88. The maximum absolute atomic E-state index is 13.9. The number of hydrogen-bond donors (Lipinski definition) is 0. The molecular weight excluding hydrogens is 747 g/mol. The maximum atomic E-state index is 13.9. The quantitative estimate of drug-likeness (QED) is 0.0591. The number of hydroxylamine groups is 2. The fraction of sp³-hybridized carbons (Fsp3) is 0.290. The standard InChI is InChI=1S/C31H21F9N2O9S/c32-29(33,34)17-7-3-8-18(30(35,36)37)27(17)49-28(46)25-16-6-1-2-9-19(16)41(15-5-12-24(45)50-42-22(43)13-14-23(42)44)20-10-4-11-21(26(20)25)51-52(47,48)31(38,39)40/h1-4,6-11,25H,5,12-15H2. The predicted molar refractivity (Wildman–Crippen MR) is 156 cm³/mol. The summed E-state index contributed by atoms with van der Waals surface area (Å²) in [5, 5.41) is 0.288. The van der Waals surface area contributed by atoms with Crippen LogP contribution in [0.2, 0.25) is 0 Å². The number of carbonyl (C=O) groups excluding carboxylic acids is 4. The molecule has 52 heavy (non-hydrogen) atoms. The van der Waals surface area contributed by atoms with Crippen LogP contribution >= 0.6 is 0 Å². The van der Waals surface area contributed by atoms with E-state index in [1.54, 1.807) is 0 Å². The van der Waals surface area contributed by atoms with Crippen LogP contribution < -0.4 is 13.8 Å². The van der Waals surface area contributed by atoms with Crippen molar-refractivity contribution in [3.05, 3.63) is 82.9 Å². The van der Waals surface area contributed by atoms with Crippen LogP contribution in [0.15, 0.2) is 60.7 Å². The molecule has 2 aliphatic rings. The fourth-order valence-electron chi connectivity index (χ4n) is 5.48. The Morgan fingerprint density at radius 3 is 1.90 bits per heavy atom. The van der Waals surface area contributed by atoms with Crippen LogP contribution in [-0.2, 0) is 46.5 Å². The average Bonchev–Trinajstić information content (AvgIpc) is 3.35. The summed E-state index contributed by atoms with van der Waals surface area (Å²) in [5.74, 6) is -9.81. The number of alkyl halides is 9. The Morgan fingerprint density at radius 1 is 0.769 bits per heavy atom. The van der Waals surface area contributed by atoms with E-state index in [1.165, 1.54) is 23.1 Å². The summed E-state index contributed by atoms with van der Waals surface area (Å²) < 4.78 is 157. The van der Waals surface area contributed by atoms with Crippen LogP contribution in [-0.4, -0.2) is 49.3 Å². The largest absolute Gasteiger partial charge is 0.534 e. The summed E-state index contributed by atoms with van der Waals surface area (Å²) in [6, 6.07) is 8.68. The number of ether oxygens (including phenoxy) is 1. The van der Waals surface area contributed by atoms with Gasteiger partial charge in [0.15, 0.2) is 5.75 Å². The summed E-state index contributed by atoms with van der Waals surface area (Å²) in [4.78, 5) is 55.9. The second-order valence-corrected chi connectivity index (χ2v) is 12.6. The van der Waals surface area contributed by atoms with Gasteiger partial charge in [-0.25, -0.2) is 4.79 Å². The lowest BCUT2D eigenvalue weighted by atomic mass is 9.84. The van der Waals surface area contributed by atoms with E-state index in [-0.39, 0.29) is 59.9 Å². The Bertz CT molecular complexity index is 2000. The van der Waals surface area contributed by atoms with Crippen molar-refractivity contribution in [1.82, 2.24) is 5.06 Å². The number of amides is 2. The first kappa shape index (κ1) is 37.9. The first-order valence-corrected chi connectivity index (χ1v) is 16.1. The van der Waals surface area contributed by atoms with Gasteiger partial charge in [-0.05, 0) is 42.3 Å². The van der Waals surface area contributed by atoms with Crippen molar-refractivity contribution in [2.45, 2.75) is 49.5 Å². The Labute approximate surface area is 286 Å². The van der Waals surface area contributed by atoms with Crippen molar-refractivity contribution < 1.29 is 80.9 Å². The van der Waals surface area contributed by atoms with E-state index in [9.17, 15) is 67.1 Å². The number of hydrogen-bond acceptors (Lipinski definition) is 10. The normalized spacial score (nSPS) is 16.4. The summed E-state index contributed by atoms with van der Waals surface area (Å²) in [5.41, 5.74) is -11.4. The average molecular weight is 769 g/mol. The number of anilines is 2. The number of benzene rings is 3. The van der Waals surface area contributed by atoms with Gasteiger partial charge in [-0.1, -0.05) is 30.3 Å². The van der Waals surface area contributed by atoms with Gasteiger partial charge in [0.2, 0.25) is 0 Å². The maximum Gasteiger partial charge on any atom is 0.534 e. The van der Waals surface area contributed by atoms with Gasteiger partial charge in [-0.3, -0.25) is 14.4 Å². The van der Waals surface area contributed by atoms with Gasteiger partial charge in [-0.2, -0.15) is 47.9 Å². The smallest absolute Gasteiger partial charge is 0.425 e. The van der Waals surface area contributed by atoms with Crippen LogP contribution in [0.1, 0.15) is 53.9 Å². The molecule has 0 bridgehead atoms. The molecule has 2 aliphatic heterocycles. The Kier molecular flexibility index (Phi) is 9.95. The second kappa shape index (κ2) is 13.7. The molecule has 3 aromatic carbocycles. The van der Waals surface area contributed by atoms with Crippen molar-refractivity contribution in [2.75, 3.05) is 11.4 Å². The molecule has 21 heteroatoms. The van der Waals surface area contributed by atoms with E-state index >= 15 is 0 Å². The van der Waals surface area contributed by atoms with Crippen LogP contribution in [0.3, 0.4) is 0 Å². The Hall–Kier alpha value is -5.34. The third-order valence-corrected chi connectivity index (χ3v) is 8.64. The number of halogens is 9. The molecule has 0 N–H and O–H groups in total. The zero-order valence-corrected chi connectivity index (χ0v) is 26.6. The van der Waals surface area contributed by atoms with Gasteiger partial charge >= 0.3 is 39.9 Å². The molecule has 1 atom stereocenters. The molecule has 0 aromatic heterocycles. The van der Waals surface area contributed by atoms with Gasteiger partial charge in [-0.15, -0.1) is 5.06 Å². The van der Waals surface area contributed by atoms with Crippen LogP contribution in [0.4, 0.5) is 50.9 Å². The monoisotopic (exact) mass is 768 g/mol. The second-order valence-electron chi connectivity index (χ2n) is 11.1. The molecule has 0 radical (unpaired) electrons. The van der Waals surface area contributed by atoms with E-state index in [1.807, 2.05) is 0 Å². The molecule has 5 rings (SSSR count). The highest BCUT2D eigenvalue weighted by Gasteiger charge is 2.50. The molecule has 278 valence electrons. The van der Waals surface area contributed by atoms with E-state index in [2.05, 4.69) is 4.18 Å². The van der Waals surface area contributed by atoms with E-state index in [0.29, 0.717) is 12.1 Å². The molecule has 11 nitrogen and oxygen atoms in total. The molecule has 1 unspecified atom stereocenters. The third kappa shape index (κ3) is 7.48. The van der Waals surface area contributed by atoms with Gasteiger partial charge in [0.25, 0.3) is 11.8 Å². The number of nitrogens with zero attached hydrogens (tertiary/aromatic N) is 2. The molecule has 0 spiro atoms. The van der Waals surface area contributed by atoms with Crippen LogP contribution in [0.25, 0.3) is 0 Å². The van der Waals surface area contributed by atoms with E-state index in [4.69, 9.17) is 9.57 Å². The van der Waals surface area contributed by atoms with Crippen LogP contribution in [0, 0.1) is 0 Å². The van der Waals surface area contributed by atoms with Crippen molar-refractivity contribution >= 4 is 45.2 Å². The molecule has 1 saturated heterocycles. The lowest BCUT2D eigenvalue weighted by Crippen LogP contribution is -2.34. The van der Waals surface area contributed by atoms with Gasteiger partial charge in [0, 0.05) is 42.7 Å². The number of rotatable bonds is 9. The van der Waals surface area contributed by atoms with Gasteiger partial charge in [0.1, 0.15) is 11.7 Å². The molecule has 1 fully saturated rings. The highest BCUT2D eigenvalue weighted by Crippen LogP contribution is 2.51. The molecule has 0 saturated carbocycles. The third-order valence-electron chi connectivity index (χ3n) is 7.67. The predicted octanol–water partition coefficient (Wildman–Crippen LogP) is 6.53. The molecular formula is C31H21F9N2O9S. The lowest BCUT2D eigenvalue weighted by Gasteiger charge is -2.37. The number of fused-ring (bicyclic) bond motifs is 2. The molecule has 0 aliphatic carbocycles. The minimum absolute atomic E-state index is 0.00815. The molecule has 3 aromatic rings. The fourth-order valence-corrected chi connectivity index (χ4v) is 5.96. The number of imide groups is 1. The minimum Gasteiger partial charge on any atom is -0.425 e. The molecule has 2 heterocycles. The molecule has 2 amide bonds. The van der Waals surface area contributed by atoms with Crippen LogP contribution in [0.5, 0.6) is 11.5 Å². The first-order valence-electron chi connectivity index (χ1n) is 14.7. The van der Waals surface area contributed by atoms with Gasteiger partial charge < -0.3 is 18.7 Å². The summed E-state index contributed by atoms with van der Waals surface area (Å²) >= 11 is 0. The van der Waals surface area contributed by atoms with Gasteiger partial charge in [0.05, 0.1) is 11.1 Å². The summed E-state index contributed by atoms with van der Waals surface area (Å²) in [6.07, 6.45) is -12.1. The zero-order chi connectivity index (χ0) is 38.4. The van der Waals surface area contributed by atoms with E-state index in [0.717, 1.165) is 18.2 Å². The Morgan fingerprint density at radius 2 is 1.33 bits per heavy atom. The SMILES string of the molecule is O=C(CCCN1c2ccccc2C(C(=O)Oc2c(C(F)(F)F)cccc2C(F)(F)F)c2c(OS(=O)(=O)C(F)(F)F)cccc21)ON1C(=O)CCC1=O.